The van der Waals surface area contributed by atoms with Crippen molar-refractivity contribution in [2.24, 2.45) is 5.73 Å². The number of rotatable bonds is 9. The highest BCUT2D eigenvalue weighted by Gasteiger charge is 2.22. The molecule has 0 saturated carbocycles. The third-order valence-corrected chi connectivity index (χ3v) is 2.83. The van der Waals surface area contributed by atoms with Gasteiger partial charge in [-0.15, -0.1) is 0 Å². The molecular weight excluding hydrogens is 360 g/mol. The van der Waals surface area contributed by atoms with E-state index < -0.39 is 23.8 Å². The molecule has 0 aliphatic heterocycles. The number of hydrogen-bond acceptors (Lipinski definition) is 9. The average molecular weight is 382 g/mol. The molecule has 27 heavy (non-hydrogen) atoms. The van der Waals surface area contributed by atoms with Crippen molar-refractivity contribution in [3.05, 3.63) is 17.7 Å². The summed E-state index contributed by atoms with van der Waals surface area (Å²) in [5, 5.41) is 2.59. The Morgan fingerprint density at radius 1 is 0.889 bits per heavy atom. The van der Waals surface area contributed by atoms with Crippen LogP contribution in [0.4, 0.5) is 0 Å². The van der Waals surface area contributed by atoms with Crippen molar-refractivity contribution in [2.75, 3.05) is 26.3 Å². The molecule has 0 spiro atoms. The molecule has 0 aromatic heterocycles. The van der Waals surface area contributed by atoms with Gasteiger partial charge in [-0.2, -0.15) is 0 Å². The van der Waals surface area contributed by atoms with Crippen LogP contribution in [-0.4, -0.2) is 50.1 Å². The van der Waals surface area contributed by atoms with Crippen molar-refractivity contribution < 1.29 is 38.1 Å². The number of benzene rings is 1. The minimum atomic E-state index is -0.731. The molecule has 1 aromatic rings. The topological polar surface area (TPSA) is 143 Å². The van der Waals surface area contributed by atoms with Gasteiger partial charge in [0.05, 0.1) is 13.2 Å². The third-order valence-electron chi connectivity index (χ3n) is 2.83. The van der Waals surface area contributed by atoms with Crippen LogP contribution < -0.4 is 25.3 Å². The van der Waals surface area contributed by atoms with Crippen LogP contribution in [0, 0.1) is 0 Å². The molecule has 0 bridgehead atoms. The van der Waals surface area contributed by atoms with E-state index in [2.05, 4.69) is 5.32 Å². The zero-order valence-corrected chi connectivity index (χ0v) is 15.3. The summed E-state index contributed by atoms with van der Waals surface area (Å²) in [4.78, 5) is 46.3. The van der Waals surface area contributed by atoms with Crippen LogP contribution in [0.5, 0.6) is 17.2 Å². The molecule has 0 atom stereocenters. The van der Waals surface area contributed by atoms with Crippen molar-refractivity contribution in [1.82, 2.24) is 5.32 Å². The molecule has 0 saturated heterocycles. The first-order valence-electron chi connectivity index (χ1n) is 8.04. The SMILES string of the molecule is CC(=O)Oc1cc(C(=O)NCCOCCN)cc(OC(C)=O)c1OC(C)=O. The van der Waals surface area contributed by atoms with Crippen LogP contribution in [0.3, 0.4) is 0 Å². The zero-order chi connectivity index (χ0) is 20.4. The number of nitrogens with one attached hydrogen (secondary N) is 1. The third kappa shape index (κ3) is 7.84. The first-order chi connectivity index (χ1) is 12.7. The minimum Gasteiger partial charge on any atom is -0.423 e. The van der Waals surface area contributed by atoms with E-state index in [0.29, 0.717) is 13.2 Å². The van der Waals surface area contributed by atoms with E-state index >= 15 is 0 Å². The summed E-state index contributed by atoms with van der Waals surface area (Å²) in [7, 11) is 0. The maximum Gasteiger partial charge on any atom is 0.308 e. The monoisotopic (exact) mass is 382 g/mol. The highest BCUT2D eigenvalue weighted by atomic mass is 16.6. The average Bonchev–Trinajstić information content (AvgIpc) is 2.55. The first-order valence-corrected chi connectivity index (χ1v) is 8.04. The Labute approximate surface area is 155 Å². The van der Waals surface area contributed by atoms with Crippen LogP contribution in [0.15, 0.2) is 12.1 Å². The molecule has 1 aromatic carbocycles. The lowest BCUT2D eigenvalue weighted by Crippen LogP contribution is -2.28. The molecule has 3 N–H and O–H groups in total. The summed E-state index contributed by atoms with van der Waals surface area (Å²) in [6.07, 6.45) is 0. The van der Waals surface area contributed by atoms with E-state index in [1.165, 1.54) is 12.1 Å². The maximum absolute atomic E-state index is 12.3. The van der Waals surface area contributed by atoms with Gasteiger partial charge in [0.25, 0.3) is 5.91 Å². The van der Waals surface area contributed by atoms with E-state index in [-0.39, 0.29) is 36.0 Å². The molecule has 1 rings (SSSR count). The van der Waals surface area contributed by atoms with Gasteiger partial charge in [0.1, 0.15) is 0 Å². The van der Waals surface area contributed by atoms with Crippen LogP contribution in [-0.2, 0) is 19.1 Å². The molecule has 0 radical (unpaired) electrons. The Morgan fingerprint density at radius 3 is 1.85 bits per heavy atom. The Kier molecular flexibility index (Phi) is 8.90. The van der Waals surface area contributed by atoms with Gasteiger partial charge in [0.15, 0.2) is 11.5 Å². The largest absolute Gasteiger partial charge is 0.423 e. The number of carbonyl (C=O) groups excluding carboxylic acids is 4. The smallest absolute Gasteiger partial charge is 0.308 e. The zero-order valence-electron chi connectivity index (χ0n) is 15.3. The number of ether oxygens (including phenoxy) is 4. The van der Waals surface area contributed by atoms with Gasteiger partial charge in [0.2, 0.25) is 5.75 Å². The lowest BCUT2D eigenvalue weighted by atomic mass is 10.1. The maximum atomic E-state index is 12.3. The van der Waals surface area contributed by atoms with E-state index in [9.17, 15) is 19.2 Å². The normalized spacial score (nSPS) is 10.1. The van der Waals surface area contributed by atoms with Crippen LogP contribution >= 0.6 is 0 Å². The van der Waals surface area contributed by atoms with E-state index in [0.717, 1.165) is 20.8 Å². The van der Waals surface area contributed by atoms with Crippen molar-refractivity contribution >= 4 is 23.8 Å². The van der Waals surface area contributed by atoms with Crippen molar-refractivity contribution in [2.45, 2.75) is 20.8 Å². The van der Waals surface area contributed by atoms with Crippen LogP contribution in [0.2, 0.25) is 0 Å². The molecule has 0 fully saturated rings. The second-order valence-corrected chi connectivity index (χ2v) is 5.24. The highest BCUT2D eigenvalue weighted by Crippen LogP contribution is 2.39. The Hall–Kier alpha value is -2.98. The standard InChI is InChI=1S/C17H22N2O8/c1-10(20)25-14-8-13(17(23)19-5-7-24-6-4-18)9-15(26-11(2)21)16(14)27-12(3)22/h8-9H,4-7,18H2,1-3H3,(H,19,23). The molecule has 10 nitrogen and oxygen atoms in total. The Bertz CT molecular complexity index is 680. The van der Waals surface area contributed by atoms with E-state index in [4.69, 9.17) is 24.7 Å². The van der Waals surface area contributed by atoms with Gasteiger partial charge in [-0.1, -0.05) is 0 Å². The van der Waals surface area contributed by atoms with Crippen LogP contribution in [0.25, 0.3) is 0 Å². The lowest BCUT2D eigenvalue weighted by molar-refractivity contribution is -0.135. The summed E-state index contributed by atoms with van der Waals surface area (Å²) < 4.78 is 20.1. The number of carbonyl (C=O) groups is 4. The quantitative estimate of drug-likeness (QED) is 0.347. The molecule has 0 unspecified atom stereocenters. The summed E-state index contributed by atoms with van der Waals surface area (Å²) in [6.45, 7) is 4.56. The highest BCUT2D eigenvalue weighted by molar-refractivity contribution is 5.96. The fourth-order valence-corrected chi connectivity index (χ4v) is 1.94. The molecular formula is C17H22N2O8. The van der Waals surface area contributed by atoms with Crippen molar-refractivity contribution in [1.29, 1.82) is 0 Å². The molecule has 1 amide bonds. The Morgan fingerprint density at radius 2 is 1.41 bits per heavy atom. The summed E-state index contributed by atoms with van der Waals surface area (Å²) in [5.74, 6) is -3.46. The lowest BCUT2D eigenvalue weighted by Gasteiger charge is -2.15. The van der Waals surface area contributed by atoms with Gasteiger partial charge in [-0.3, -0.25) is 19.2 Å². The van der Waals surface area contributed by atoms with E-state index in [1.54, 1.807) is 0 Å². The summed E-state index contributed by atoms with van der Waals surface area (Å²) in [5.41, 5.74) is 5.32. The second kappa shape index (κ2) is 10.9. The number of esters is 3. The van der Waals surface area contributed by atoms with Crippen molar-refractivity contribution in [3.8, 4) is 17.2 Å². The van der Waals surface area contributed by atoms with Gasteiger partial charge >= 0.3 is 17.9 Å². The molecule has 148 valence electrons. The molecule has 0 aliphatic carbocycles. The fourth-order valence-electron chi connectivity index (χ4n) is 1.94. The second-order valence-electron chi connectivity index (χ2n) is 5.24. The van der Waals surface area contributed by atoms with Crippen molar-refractivity contribution in [3.63, 3.8) is 0 Å². The summed E-state index contributed by atoms with van der Waals surface area (Å²) in [6, 6.07) is 2.39. The number of nitrogens with two attached hydrogens (primary N) is 1. The molecule has 0 aliphatic rings. The van der Waals surface area contributed by atoms with Gasteiger partial charge < -0.3 is 30.0 Å². The predicted molar refractivity (Wildman–Crippen MR) is 92.6 cm³/mol. The predicted octanol–water partition coefficient (Wildman–Crippen LogP) is 0.168. The first kappa shape index (κ1) is 22.1. The van der Waals surface area contributed by atoms with Gasteiger partial charge in [-0.05, 0) is 12.1 Å². The Balaban J connectivity index is 3.16. The molecule has 0 heterocycles. The van der Waals surface area contributed by atoms with Gasteiger partial charge in [-0.25, -0.2) is 0 Å². The van der Waals surface area contributed by atoms with Gasteiger partial charge in [0, 0.05) is 39.4 Å². The minimum absolute atomic E-state index is 0.0252. The molecule has 10 heteroatoms. The summed E-state index contributed by atoms with van der Waals surface area (Å²) >= 11 is 0. The van der Waals surface area contributed by atoms with Crippen LogP contribution in [0.1, 0.15) is 31.1 Å². The number of hydrogen-bond donors (Lipinski definition) is 2. The number of amides is 1. The fraction of sp³-hybridized carbons (Fsp3) is 0.412. The van der Waals surface area contributed by atoms with E-state index in [1.807, 2.05) is 0 Å².